The van der Waals surface area contributed by atoms with Crippen molar-refractivity contribution in [3.8, 4) is 0 Å². The van der Waals surface area contributed by atoms with Gasteiger partial charge in [-0.15, -0.1) is 0 Å². The minimum absolute atomic E-state index is 0.000961. The highest BCUT2D eigenvalue weighted by molar-refractivity contribution is 6.30. The molecule has 5 heteroatoms. The van der Waals surface area contributed by atoms with Gasteiger partial charge in [0.2, 0.25) is 5.91 Å². The zero-order valence-electron chi connectivity index (χ0n) is 13.3. The van der Waals surface area contributed by atoms with Gasteiger partial charge in [0, 0.05) is 24.2 Å². The van der Waals surface area contributed by atoms with Gasteiger partial charge in [0.1, 0.15) is 5.82 Å². The molecular weight excluding hydrogens is 327 g/mol. The maximum atomic E-state index is 13.0. The van der Waals surface area contributed by atoms with Crippen LogP contribution in [0.2, 0.25) is 5.02 Å². The molecule has 1 fully saturated rings. The van der Waals surface area contributed by atoms with Crippen LogP contribution >= 0.6 is 11.6 Å². The van der Waals surface area contributed by atoms with Crippen molar-refractivity contribution >= 4 is 17.5 Å². The van der Waals surface area contributed by atoms with E-state index < -0.39 is 0 Å². The zero-order valence-corrected chi connectivity index (χ0v) is 14.1. The van der Waals surface area contributed by atoms with Crippen molar-refractivity contribution in [2.24, 2.45) is 0 Å². The summed E-state index contributed by atoms with van der Waals surface area (Å²) in [4.78, 5) is 14.4. The standard InChI is InChI=1S/C19H20ClFN2O/c20-16-5-1-14(2-6-16)11-22-19(24)13-23(18-9-10-18)12-15-3-7-17(21)8-4-15/h1-8,18H,9-13H2,(H,22,24). The third-order valence-corrected chi connectivity index (χ3v) is 4.36. The molecule has 126 valence electrons. The van der Waals surface area contributed by atoms with Crippen molar-refractivity contribution in [2.75, 3.05) is 6.54 Å². The number of hydrogen-bond acceptors (Lipinski definition) is 2. The number of halogens is 2. The Morgan fingerprint density at radius 3 is 2.33 bits per heavy atom. The molecular formula is C19H20ClFN2O. The van der Waals surface area contributed by atoms with Gasteiger partial charge in [-0.25, -0.2) is 4.39 Å². The molecule has 0 saturated heterocycles. The van der Waals surface area contributed by atoms with Crippen LogP contribution in [0, 0.1) is 5.82 Å². The third kappa shape index (κ3) is 5.05. The van der Waals surface area contributed by atoms with Crippen LogP contribution in [0.25, 0.3) is 0 Å². The molecule has 1 aliphatic rings. The highest BCUT2D eigenvalue weighted by atomic mass is 35.5. The van der Waals surface area contributed by atoms with Crippen LogP contribution in [0.4, 0.5) is 4.39 Å². The number of nitrogens with one attached hydrogen (secondary N) is 1. The van der Waals surface area contributed by atoms with E-state index in [0.29, 0.717) is 30.7 Å². The van der Waals surface area contributed by atoms with Crippen LogP contribution in [0.5, 0.6) is 0 Å². The highest BCUT2D eigenvalue weighted by Crippen LogP contribution is 2.28. The van der Waals surface area contributed by atoms with Gasteiger partial charge < -0.3 is 5.32 Å². The summed E-state index contributed by atoms with van der Waals surface area (Å²) >= 11 is 5.85. The van der Waals surface area contributed by atoms with Crippen LogP contribution in [0.3, 0.4) is 0 Å². The molecule has 0 bridgehead atoms. The first-order chi connectivity index (χ1) is 11.6. The van der Waals surface area contributed by atoms with Crippen molar-refractivity contribution in [3.05, 3.63) is 70.5 Å². The monoisotopic (exact) mass is 346 g/mol. The maximum Gasteiger partial charge on any atom is 0.234 e. The van der Waals surface area contributed by atoms with Crippen LogP contribution in [-0.2, 0) is 17.9 Å². The van der Waals surface area contributed by atoms with E-state index in [4.69, 9.17) is 11.6 Å². The Hall–Kier alpha value is -1.91. The lowest BCUT2D eigenvalue weighted by atomic mass is 10.2. The Kier molecular flexibility index (Phi) is 5.48. The molecule has 1 saturated carbocycles. The van der Waals surface area contributed by atoms with E-state index in [1.807, 2.05) is 24.3 Å². The summed E-state index contributed by atoms with van der Waals surface area (Å²) in [6.07, 6.45) is 2.23. The van der Waals surface area contributed by atoms with Crippen LogP contribution in [0.1, 0.15) is 24.0 Å². The fraction of sp³-hybridized carbons (Fsp3) is 0.316. The van der Waals surface area contributed by atoms with E-state index >= 15 is 0 Å². The molecule has 0 aromatic heterocycles. The molecule has 0 spiro atoms. The topological polar surface area (TPSA) is 32.3 Å². The predicted molar refractivity (Wildman–Crippen MR) is 93.1 cm³/mol. The molecule has 1 N–H and O–H groups in total. The van der Waals surface area contributed by atoms with Gasteiger partial charge >= 0.3 is 0 Å². The Morgan fingerprint density at radius 1 is 1.08 bits per heavy atom. The quantitative estimate of drug-likeness (QED) is 0.828. The van der Waals surface area contributed by atoms with Crippen LogP contribution in [-0.4, -0.2) is 23.4 Å². The van der Waals surface area contributed by atoms with Crippen LogP contribution < -0.4 is 5.32 Å². The summed E-state index contributed by atoms with van der Waals surface area (Å²) < 4.78 is 13.0. The van der Waals surface area contributed by atoms with Gasteiger partial charge in [0.15, 0.2) is 0 Å². The Balaban J connectivity index is 1.52. The minimum atomic E-state index is -0.238. The lowest BCUT2D eigenvalue weighted by Gasteiger charge is -2.21. The summed E-state index contributed by atoms with van der Waals surface area (Å²) in [5.41, 5.74) is 2.04. The minimum Gasteiger partial charge on any atom is -0.351 e. The number of nitrogens with zero attached hydrogens (tertiary/aromatic N) is 1. The van der Waals surface area contributed by atoms with E-state index in [0.717, 1.165) is 24.0 Å². The molecule has 24 heavy (non-hydrogen) atoms. The van der Waals surface area contributed by atoms with Gasteiger partial charge in [-0.2, -0.15) is 0 Å². The average Bonchev–Trinajstić information content (AvgIpc) is 3.41. The zero-order chi connectivity index (χ0) is 16.9. The maximum absolute atomic E-state index is 13.0. The lowest BCUT2D eigenvalue weighted by Crippen LogP contribution is -2.37. The fourth-order valence-corrected chi connectivity index (χ4v) is 2.75. The molecule has 1 aliphatic carbocycles. The SMILES string of the molecule is O=C(CN(Cc1ccc(F)cc1)C1CC1)NCc1ccc(Cl)cc1. The number of rotatable bonds is 7. The summed E-state index contributed by atoms with van der Waals surface area (Å²) in [5, 5.41) is 3.63. The van der Waals surface area contributed by atoms with Crippen LogP contribution in [0.15, 0.2) is 48.5 Å². The van der Waals surface area contributed by atoms with E-state index in [1.54, 1.807) is 12.1 Å². The number of carbonyl (C=O) groups excluding carboxylic acids is 1. The van der Waals surface area contributed by atoms with Crippen molar-refractivity contribution in [3.63, 3.8) is 0 Å². The molecule has 0 aliphatic heterocycles. The van der Waals surface area contributed by atoms with E-state index in [-0.39, 0.29) is 11.7 Å². The van der Waals surface area contributed by atoms with E-state index in [1.165, 1.54) is 12.1 Å². The summed E-state index contributed by atoms with van der Waals surface area (Å²) in [6.45, 7) is 1.51. The molecule has 3 nitrogen and oxygen atoms in total. The first kappa shape index (κ1) is 16.9. The first-order valence-corrected chi connectivity index (χ1v) is 8.47. The summed E-state index contributed by atoms with van der Waals surface area (Å²) in [7, 11) is 0. The van der Waals surface area contributed by atoms with E-state index in [9.17, 15) is 9.18 Å². The molecule has 0 atom stereocenters. The molecule has 2 aromatic rings. The van der Waals surface area contributed by atoms with Crippen molar-refractivity contribution in [2.45, 2.75) is 32.0 Å². The second-order valence-electron chi connectivity index (χ2n) is 6.17. The highest BCUT2D eigenvalue weighted by Gasteiger charge is 2.30. The number of hydrogen-bond donors (Lipinski definition) is 1. The average molecular weight is 347 g/mol. The second-order valence-corrected chi connectivity index (χ2v) is 6.60. The number of amides is 1. The van der Waals surface area contributed by atoms with Crippen molar-refractivity contribution < 1.29 is 9.18 Å². The van der Waals surface area contributed by atoms with E-state index in [2.05, 4.69) is 10.2 Å². The summed E-state index contributed by atoms with van der Waals surface area (Å²) in [6, 6.07) is 14.4. The smallest absolute Gasteiger partial charge is 0.234 e. The predicted octanol–water partition coefficient (Wildman–Crippen LogP) is 3.76. The van der Waals surface area contributed by atoms with Crippen molar-refractivity contribution in [1.82, 2.24) is 10.2 Å². The molecule has 3 rings (SSSR count). The van der Waals surface area contributed by atoms with Gasteiger partial charge in [-0.05, 0) is 48.2 Å². The molecule has 0 heterocycles. The first-order valence-electron chi connectivity index (χ1n) is 8.10. The molecule has 2 aromatic carbocycles. The third-order valence-electron chi connectivity index (χ3n) is 4.11. The van der Waals surface area contributed by atoms with Gasteiger partial charge in [-0.1, -0.05) is 35.9 Å². The number of benzene rings is 2. The molecule has 1 amide bonds. The number of carbonyl (C=O) groups is 1. The fourth-order valence-electron chi connectivity index (χ4n) is 2.62. The second kappa shape index (κ2) is 7.77. The molecule has 0 radical (unpaired) electrons. The lowest BCUT2D eigenvalue weighted by molar-refractivity contribution is -0.122. The Bertz CT molecular complexity index is 684. The largest absolute Gasteiger partial charge is 0.351 e. The van der Waals surface area contributed by atoms with Gasteiger partial charge in [0.25, 0.3) is 0 Å². The Labute approximate surface area is 146 Å². The van der Waals surface area contributed by atoms with Gasteiger partial charge in [0.05, 0.1) is 6.54 Å². The van der Waals surface area contributed by atoms with Gasteiger partial charge in [-0.3, -0.25) is 9.69 Å². The molecule has 0 unspecified atom stereocenters. The summed E-state index contributed by atoms with van der Waals surface area (Å²) in [5.74, 6) is -0.239. The van der Waals surface area contributed by atoms with Crippen molar-refractivity contribution in [1.29, 1.82) is 0 Å². The Morgan fingerprint density at radius 2 is 1.71 bits per heavy atom. The normalized spacial score (nSPS) is 14.0.